The van der Waals surface area contributed by atoms with E-state index in [9.17, 15) is 4.79 Å². The first kappa shape index (κ1) is 22.8. The Kier molecular flexibility index (Phi) is 6.31. The lowest BCUT2D eigenvalue weighted by Crippen LogP contribution is -2.15. The molecule has 3 aromatic heterocycles. The van der Waals surface area contributed by atoms with Crippen LogP contribution in [0, 0.1) is 13.8 Å². The minimum absolute atomic E-state index is 0.0751. The molecule has 0 unspecified atom stereocenters. The lowest BCUT2D eigenvalue weighted by molar-refractivity contribution is 0.671. The van der Waals surface area contributed by atoms with Crippen molar-refractivity contribution in [3.05, 3.63) is 99.2 Å². The van der Waals surface area contributed by atoms with Crippen molar-refractivity contribution < 1.29 is 0 Å². The molecule has 0 aliphatic rings. The quantitative estimate of drug-likeness (QED) is 0.319. The summed E-state index contributed by atoms with van der Waals surface area (Å²) in [6.45, 7) is 6.35. The van der Waals surface area contributed by atoms with Crippen LogP contribution in [0.5, 0.6) is 0 Å². The van der Waals surface area contributed by atoms with Crippen molar-refractivity contribution in [1.82, 2.24) is 29.7 Å². The Morgan fingerprint density at radius 2 is 1.60 bits per heavy atom. The molecule has 178 valence electrons. The molecular weight excluding hydrogens is 436 g/mol. The van der Waals surface area contributed by atoms with Crippen LogP contribution in [-0.2, 0) is 12.8 Å². The average Bonchev–Trinajstić information content (AvgIpc) is 3.49. The van der Waals surface area contributed by atoms with E-state index < -0.39 is 0 Å². The van der Waals surface area contributed by atoms with Gasteiger partial charge in [-0.1, -0.05) is 68.3 Å². The fourth-order valence-corrected chi connectivity index (χ4v) is 4.66. The van der Waals surface area contributed by atoms with E-state index in [1.807, 2.05) is 24.4 Å². The Bertz CT molecular complexity index is 1510. The van der Waals surface area contributed by atoms with Crippen LogP contribution in [0.2, 0.25) is 0 Å². The molecule has 0 spiro atoms. The summed E-state index contributed by atoms with van der Waals surface area (Å²) in [6, 6.07) is 16.5. The van der Waals surface area contributed by atoms with Crippen molar-refractivity contribution in [2.24, 2.45) is 0 Å². The van der Waals surface area contributed by atoms with Crippen LogP contribution in [0.15, 0.2) is 65.7 Å². The molecule has 0 bridgehead atoms. The number of H-pyrrole nitrogens is 1. The highest BCUT2D eigenvalue weighted by Gasteiger charge is 2.17. The van der Waals surface area contributed by atoms with Crippen molar-refractivity contribution in [2.75, 3.05) is 0 Å². The van der Waals surface area contributed by atoms with Crippen molar-refractivity contribution >= 4 is 0 Å². The highest BCUT2D eigenvalue weighted by Crippen LogP contribution is 2.30. The Labute approximate surface area is 204 Å². The first-order valence-electron chi connectivity index (χ1n) is 12.2. The predicted molar refractivity (Wildman–Crippen MR) is 138 cm³/mol. The van der Waals surface area contributed by atoms with Crippen LogP contribution in [0.3, 0.4) is 0 Å². The third kappa shape index (κ3) is 4.41. The first-order valence-corrected chi connectivity index (χ1v) is 12.2. The Hall–Kier alpha value is -4.00. The molecular formula is C28H30N6O. The van der Waals surface area contributed by atoms with Gasteiger partial charge in [0.2, 0.25) is 5.82 Å². The SMILES string of the molecule is CCCCCc1c(Cc2ccc(-c3ccccc3-c3nn[nH]n3)cc2)c(=O)n2cc(C)c(C)cn12. The van der Waals surface area contributed by atoms with Crippen LogP contribution < -0.4 is 5.56 Å². The van der Waals surface area contributed by atoms with Gasteiger partial charge >= 0.3 is 0 Å². The number of aromatic nitrogens is 6. The fraction of sp³-hybridized carbons (Fsp3) is 0.286. The number of nitrogens with one attached hydrogen (secondary N) is 1. The van der Waals surface area contributed by atoms with Crippen LogP contribution in [0.25, 0.3) is 22.5 Å². The van der Waals surface area contributed by atoms with Crippen LogP contribution in [-0.4, -0.2) is 29.7 Å². The number of fused-ring (bicyclic) bond motifs is 1. The number of rotatable bonds is 8. The molecule has 0 atom stereocenters. The second kappa shape index (κ2) is 9.70. The maximum absolute atomic E-state index is 13.4. The zero-order valence-electron chi connectivity index (χ0n) is 20.5. The standard InChI is InChI=1S/C28H30N6O/c1-4-5-6-11-26-25(28(35)34-18-20(3)19(2)17-33(26)34)16-21-12-14-22(15-13-21)23-9-7-8-10-24(23)27-29-31-32-30-27/h7-10,12-15,17-18H,4-6,11,16H2,1-3H3,(H,29,30,31,32). The smallest absolute Gasteiger partial charge is 0.267 e. The number of hydrogen-bond acceptors (Lipinski definition) is 4. The molecule has 0 saturated heterocycles. The predicted octanol–water partition coefficient (Wildman–Crippen LogP) is 5.19. The molecule has 0 radical (unpaired) electrons. The highest BCUT2D eigenvalue weighted by molar-refractivity contribution is 5.80. The zero-order chi connectivity index (χ0) is 24.4. The molecule has 0 saturated carbocycles. The van der Waals surface area contributed by atoms with E-state index in [-0.39, 0.29) is 5.56 Å². The number of aryl methyl sites for hydroxylation is 3. The Morgan fingerprint density at radius 3 is 2.29 bits per heavy atom. The topological polar surface area (TPSA) is 80.3 Å². The normalized spacial score (nSPS) is 11.4. The summed E-state index contributed by atoms with van der Waals surface area (Å²) in [5.41, 5.74) is 8.55. The van der Waals surface area contributed by atoms with E-state index in [0.29, 0.717) is 12.2 Å². The van der Waals surface area contributed by atoms with Gasteiger partial charge in [0.1, 0.15) is 0 Å². The van der Waals surface area contributed by atoms with Crippen LogP contribution in [0.1, 0.15) is 54.1 Å². The fourth-order valence-electron chi connectivity index (χ4n) is 4.66. The number of aromatic amines is 1. The van der Waals surface area contributed by atoms with Gasteiger partial charge in [0.25, 0.3) is 5.56 Å². The molecule has 35 heavy (non-hydrogen) atoms. The summed E-state index contributed by atoms with van der Waals surface area (Å²) >= 11 is 0. The van der Waals surface area contributed by atoms with E-state index in [1.165, 1.54) is 5.56 Å². The monoisotopic (exact) mass is 466 g/mol. The maximum Gasteiger partial charge on any atom is 0.274 e. The minimum Gasteiger partial charge on any atom is -0.267 e. The van der Waals surface area contributed by atoms with Gasteiger partial charge in [0.05, 0.1) is 0 Å². The van der Waals surface area contributed by atoms with Gasteiger partial charge in [-0.2, -0.15) is 5.21 Å². The molecule has 2 aromatic carbocycles. The summed E-state index contributed by atoms with van der Waals surface area (Å²) in [5, 5.41) is 14.5. The van der Waals surface area contributed by atoms with E-state index in [4.69, 9.17) is 0 Å². The molecule has 7 heteroatoms. The third-order valence-corrected chi connectivity index (χ3v) is 6.75. The zero-order valence-corrected chi connectivity index (χ0v) is 20.5. The average molecular weight is 467 g/mol. The highest BCUT2D eigenvalue weighted by atomic mass is 16.1. The first-order chi connectivity index (χ1) is 17.1. The van der Waals surface area contributed by atoms with Gasteiger partial charge in [-0.15, -0.1) is 10.2 Å². The molecule has 5 aromatic rings. The second-order valence-corrected chi connectivity index (χ2v) is 9.16. The summed E-state index contributed by atoms with van der Waals surface area (Å²) in [5.74, 6) is 0.570. The van der Waals surface area contributed by atoms with Crippen molar-refractivity contribution in [2.45, 2.75) is 52.9 Å². The molecule has 0 aliphatic heterocycles. The third-order valence-electron chi connectivity index (χ3n) is 6.75. The Morgan fingerprint density at radius 1 is 0.886 bits per heavy atom. The van der Waals surface area contributed by atoms with Gasteiger partial charge in [-0.25, -0.2) is 4.52 Å². The Balaban J connectivity index is 1.50. The molecule has 3 heterocycles. The molecule has 7 nitrogen and oxygen atoms in total. The van der Waals surface area contributed by atoms with Gasteiger partial charge < -0.3 is 0 Å². The second-order valence-electron chi connectivity index (χ2n) is 9.16. The lowest BCUT2D eigenvalue weighted by Gasteiger charge is -2.09. The van der Waals surface area contributed by atoms with Gasteiger partial charge in [-0.05, 0) is 59.7 Å². The minimum atomic E-state index is 0.0751. The van der Waals surface area contributed by atoms with Gasteiger partial charge in [-0.3, -0.25) is 9.31 Å². The number of nitrogens with zero attached hydrogens (tertiary/aromatic N) is 5. The van der Waals surface area contributed by atoms with E-state index in [2.05, 4.69) is 82.4 Å². The lowest BCUT2D eigenvalue weighted by atomic mass is 9.96. The summed E-state index contributed by atoms with van der Waals surface area (Å²) < 4.78 is 3.83. The molecule has 5 rings (SSSR count). The largest absolute Gasteiger partial charge is 0.274 e. The van der Waals surface area contributed by atoms with E-state index >= 15 is 0 Å². The van der Waals surface area contributed by atoms with E-state index in [1.54, 1.807) is 4.52 Å². The summed E-state index contributed by atoms with van der Waals surface area (Å²) in [7, 11) is 0. The number of unbranched alkanes of at least 4 members (excludes halogenated alkanes) is 2. The summed E-state index contributed by atoms with van der Waals surface area (Å²) in [4.78, 5) is 13.4. The van der Waals surface area contributed by atoms with Crippen LogP contribution >= 0.6 is 0 Å². The number of benzene rings is 2. The van der Waals surface area contributed by atoms with Gasteiger partial charge in [0, 0.05) is 35.6 Å². The van der Waals surface area contributed by atoms with Crippen LogP contribution in [0.4, 0.5) is 0 Å². The van der Waals surface area contributed by atoms with Gasteiger partial charge in [0.15, 0.2) is 0 Å². The van der Waals surface area contributed by atoms with Crippen molar-refractivity contribution in [3.63, 3.8) is 0 Å². The maximum atomic E-state index is 13.4. The molecule has 0 amide bonds. The molecule has 0 fully saturated rings. The van der Waals surface area contributed by atoms with E-state index in [0.717, 1.165) is 64.8 Å². The summed E-state index contributed by atoms with van der Waals surface area (Å²) in [6.07, 6.45) is 8.96. The van der Waals surface area contributed by atoms with Crippen molar-refractivity contribution in [1.29, 1.82) is 0 Å². The molecule has 0 aliphatic carbocycles. The molecule has 1 N–H and O–H groups in total. The number of tetrazole rings is 1. The van der Waals surface area contributed by atoms with Crippen molar-refractivity contribution in [3.8, 4) is 22.5 Å². The number of hydrogen-bond donors (Lipinski definition) is 1.